The molecule has 0 aliphatic carbocycles. The van der Waals surface area contributed by atoms with Crippen molar-refractivity contribution < 1.29 is 29.9 Å². The van der Waals surface area contributed by atoms with Crippen LogP contribution < -0.4 is 4.74 Å². The Hall–Kier alpha value is -2.10. The molecular formula is C29H33ClO6S. The molecule has 0 aromatic heterocycles. The number of hydrogen-bond acceptors (Lipinski definition) is 7. The van der Waals surface area contributed by atoms with E-state index in [1.807, 2.05) is 61.5 Å². The summed E-state index contributed by atoms with van der Waals surface area (Å²) in [7, 11) is 0. The van der Waals surface area contributed by atoms with E-state index in [-0.39, 0.29) is 6.61 Å². The van der Waals surface area contributed by atoms with Crippen LogP contribution in [0.25, 0.3) is 0 Å². The molecule has 0 saturated carbocycles. The maximum absolute atomic E-state index is 10.8. The van der Waals surface area contributed by atoms with Gasteiger partial charge in [0.2, 0.25) is 0 Å². The average Bonchev–Trinajstić information content (AvgIpc) is 2.91. The summed E-state index contributed by atoms with van der Waals surface area (Å²) >= 11 is 8.00. The first-order chi connectivity index (χ1) is 17.9. The van der Waals surface area contributed by atoms with E-state index in [1.165, 1.54) is 11.8 Å². The van der Waals surface area contributed by atoms with Crippen LogP contribution >= 0.6 is 23.4 Å². The molecule has 1 heterocycles. The maximum Gasteiger partial charge on any atom is 0.119 e. The van der Waals surface area contributed by atoms with E-state index in [0.717, 1.165) is 27.3 Å². The number of benzene rings is 3. The Morgan fingerprint density at radius 1 is 0.892 bits per heavy atom. The van der Waals surface area contributed by atoms with E-state index >= 15 is 0 Å². The fourth-order valence-corrected chi connectivity index (χ4v) is 5.57. The van der Waals surface area contributed by atoms with Gasteiger partial charge >= 0.3 is 0 Å². The van der Waals surface area contributed by atoms with Crippen molar-refractivity contribution in [2.45, 2.75) is 55.2 Å². The van der Waals surface area contributed by atoms with Crippen LogP contribution in [-0.4, -0.2) is 63.8 Å². The Labute approximate surface area is 226 Å². The monoisotopic (exact) mass is 544 g/mol. The van der Waals surface area contributed by atoms with E-state index in [9.17, 15) is 15.3 Å². The number of thioether (sulfide) groups is 1. The van der Waals surface area contributed by atoms with E-state index in [2.05, 4.69) is 0 Å². The van der Waals surface area contributed by atoms with Crippen molar-refractivity contribution in [1.82, 2.24) is 0 Å². The second kappa shape index (κ2) is 13.1. The number of aliphatic hydroxyl groups excluding tert-OH is 4. The Bertz CT molecular complexity index is 1140. The lowest BCUT2D eigenvalue weighted by Gasteiger charge is -2.41. The molecule has 8 heteroatoms. The number of halogens is 1. The lowest BCUT2D eigenvalue weighted by atomic mass is 9.90. The van der Waals surface area contributed by atoms with Crippen LogP contribution in [-0.2, 0) is 17.6 Å². The predicted molar refractivity (Wildman–Crippen MR) is 145 cm³/mol. The van der Waals surface area contributed by atoms with Crippen molar-refractivity contribution in [2.75, 3.05) is 19.0 Å². The van der Waals surface area contributed by atoms with Gasteiger partial charge in [-0.2, -0.15) is 0 Å². The van der Waals surface area contributed by atoms with E-state index in [1.54, 1.807) is 12.1 Å². The summed E-state index contributed by atoms with van der Waals surface area (Å²) in [5.74, 6) is 1.20. The molecule has 1 fully saturated rings. The number of aliphatic hydroxyl groups is 4. The van der Waals surface area contributed by atoms with Crippen molar-refractivity contribution in [1.29, 1.82) is 0 Å². The van der Waals surface area contributed by atoms with E-state index in [4.69, 9.17) is 26.2 Å². The second-order valence-electron chi connectivity index (χ2n) is 9.10. The van der Waals surface area contributed by atoms with Gasteiger partial charge in [0.15, 0.2) is 0 Å². The third-order valence-corrected chi connectivity index (χ3v) is 7.95. The summed E-state index contributed by atoms with van der Waals surface area (Å²) in [6.45, 7) is 2.65. The van der Waals surface area contributed by atoms with E-state index in [0.29, 0.717) is 35.8 Å². The number of hydrogen-bond donors (Lipinski definition) is 4. The first-order valence-corrected chi connectivity index (χ1v) is 13.8. The molecule has 4 N–H and O–H groups in total. The summed E-state index contributed by atoms with van der Waals surface area (Å²) < 4.78 is 11.7. The van der Waals surface area contributed by atoms with Gasteiger partial charge in [-0.3, -0.25) is 0 Å². The van der Waals surface area contributed by atoms with Crippen LogP contribution in [0.3, 0.4) is 0 Å². The SMILES string of the molecule is CCOc1ccc(Cc2cc([C@@H]3O[C@H](CSc4ccc(CCO)cc4)[C@@H](O)[C@H](O)[C@H]3O)ccc2Cl)cc1. The third-order valence-electron chi connectivity index (χ3n) is 6.48. The van der Waals surface area contributed by atoms with Gasteiger partial charge in [0.25, 0.3) is 0 Å². The van der Waals surface area contributed by atoms with Gasteiger partial charge in [0.1, 0.15) is 30.2 Å². The van der Waals surface area contributed by atoms with Crippen molar-refractivity contribution in [3.05, 3.63) is 94.0 Å². The Kier molecular flexibility index (Phi) is 9.90. The summed E-state index contributed by atoms with van der Waals surface area (Å²) in [4.78, 5) is 0.985. The molecule has 37 heavy (non-hydrogen) atoms. The predicted octanol–water partition coefficient (Wildman–Crippen LogP) is 4.18. The zero-order valence-corrected chi connectivity index (χ0v) is 22.2. The molecule has 3 aromatic rings. The highest BCUT2D eigenvalue weighted by atomic mass is 35.5. The van der Waals surface area contributed by atoms with Crippen LogP contribution in [0, 0.1) is 0 Å². The lowest BCUT2D eigenvalue weighted by Crippen LogP contribution is -2.54. The van der Waals surface area contributed by atoms with Gasteiger partial charge < -0.3 is 29.9 Å². The molecule has 3 aromatic carbocycles. The minimum Gasteiger partial charge on any atom is -0.494 e. The molecule has 198 valence electrons. The van der Waals surface area contributed by atoms with Crippen molar-refractivity contribution in [3.8, 4) is 5.75 Å². The topological polar surface area (TPSA) is 99.4 Å². The van der Waals surface area contributed by atoms with Crippen LogP contribution in [0.1, 0.15) is 35.3 Å². The maximum atomic E-state index is 10.8. The highest BCUT2D eigenvalue weighted by Crippen LogP contribution is 2.36. The normalized spacial score (nSPS) is 23.7. The molecule has 5 atom stereocenters. The van der Waals surface area contributed by atoms with Crippen molar-refractivity contribution >= 4 is 23.4 Å². The van der Waals surface area contributed by atoms with Crippen LogP contribution in [0.15, 0.2) is 71.6 Å². The second-order valence-corrected chi connectivity index (χ2v) is 10.6. The minimum absolute atomic E-state index is 0.100. The Morgan fingerprint density at radius 3 is 2.27 bits per heavy atom. The van der Waals surface area contributed by atoms with Gasteiger partial charge in [0, 0.05) is 22.3 Å². The zero-order valence-electron chi connectivity index (χ0n) is 20.7. The van der Waals surface area contributed by atoms with Crippen LogP contribution in [0.4, 0.5) is 0 Å². The lowest BCUT2D eigenvalue weighted by molar-refractivity contribution is -0.218. The molecule has 0 unspecified atom stereocenters. The summed E-state index contributed by atoms with van der Waals surface area (Å²) in [5.41, 5.74) is 3.66. The molecule has 1 aliphatic heterocycles. The van der Waals surface area contributed by atoms with Gasteiger partial charge in [-0.25, -0.2) is 0 Å². The molecule has 6 nitrogen and oxygen atoms in total. The molecule has 0 radical (unpaired) electrons. The summed E-state index contributed by atoms with van der Waals surface area (Å²) in [6, 6.07) is 21.1. The number of rotatable bonds is 10. The Morgan fingerprint density at radius 2 is 1.59 bits per heavy atom. The number of ether oxygens (including phenoxy) is 2. The van der Waals surface area contributed by atoms with Crippen LogP contribution in [0.5, 0.6) is 5.75 Å². The van der Waals surface area contributed by atoms with Crippen LogP contribution in [0.2, 0.25) is 5.02 Å². The third kappa shape index (κ3) is 7.06. The van der Waals surface area contributed by atoms with Gasteiger partial charge in [-0.05, 0) is 72.4 Å². The average molecular weight is 545 g/mol. The van der Waals surface area contributed by atoms with Gasteiger partial charge in [-0.1, -0.05) is 48.0 Å². The highest BCUT2D eigenvalue weighted by Gasteiger charge is 2.44. The summed E-state index contributed by atoms with van der Waals surface area (Å²) in [5, 5.41) is 41.7. The fourth-order valence-electron chi connectivity index (χ4n) is 4.42. The molecule has 0 spiro atoms. The fraction of sp³-hybridized carbons (Fsp3) is 0.379. The van der Waals surface area contributed by atoms with Crippen molar-refractivity contribution in [3.63, 3.8) is 0 Å². The standard InChI is InChI=1S/C29H33ClO6S/c1-2-35-22-8-3-19(4-9-22)15-21-16-20(7-12-24(21)30)29-28(34)27(33)26(32)25(36-29)17-37-23-10-5-18(6-11-23)13-14-31/h3-12,16,25-29,31-34H,2,13-15,17H2,1H3/t25-,26-,27+,28-,29+/m1/s1. The highest BCUT2D eigenvalue weighted by molar-refractivity contribution is 7.99. The first kappa shape index (κ1) is 27.9. The van der Waals surface area contributed by atoms with Gasteiger partial charge in [0.05, 0.1) is 12.7 Å². The molecule has 0 amide bonds. The zero-order chi connectivity index (χ0) is 26.4. The quantitative estimate of drug-likeness (QED) is 0.284. The smallest absolute Gasteiger partial charge is 0.119 e. The summed E-state index contributed by atoms with van der Waals surface area (Å²) in [6.07, 6.45) is -4.16. The molecule has 1 aliphatic rings. The Balaban J connectivity index is 1.47. The van der Waals surface area contributed by atoms with E-state index < -0.39 is 30.5 Å². The largest absolute Gasteiger partial charge is 0.494 e. The first-order valence-electron chi connectivity index (χ1n) is 12.4. The molecular weight excluding hydrogens is 512 g/mol. The molecule has 0 bridgehead atoms. The van der Waals surface area contributed by atoms with Crippen molar-refractivity contribution in [2.24, 2.45) is 0 Å². The van der Waals surface area contributed by atoms with Gasteiger partial charge in [-0.15, -0.1) is 11.8 Å². The molecule has 4 rings (SSSR count). The minimum atomic E-state index is -1.35. The molecule has 1 saturated heterocycles.